The SMILES string of the molecule is N#CC(C#N)=Cc1c[nH]c2ccncc12. The van der Waals surface area contributed by atoms with Gasteiger partial charge in [-0.25, -0.2) is 0 Å². The van der Waals surface area contributed by atoms with Crippen molar-refractivity contribution in [3.63, 3.8) is 0 Å². The standard InChI is InChI=1S/C11H6N4/c12-4-8(5-13)3-9-6-15-11-1-2-14-7-10(9)11/h1-3,6-7,15H. The molecule has 0 aliphatic rings. The molecule has 0 saturated heterocycles. The third kappa shape index (κ3) is 1.56. The molecular formula is C11H6N4. The normalized spacial score (nSPS) is 9.20. The molecule has 15 heavy (non-hydrogen) atoms. The van der Waals surface area contributed by atoms with E-state index in [4.69, 9.17) is 10.5 Å². The van der Waals surface area contributed by atoms with Gasteiger partial charge >= 0.3 is 0 Å². The highest BCUT2D eigenvalue weighted by Gasteiger charge is 2.01. The molecule has 1 N–H and O–H groups in total. The molecule has 0 aromatic carbocycles. The van der Waals surface area contributed by atoms with Gasteiger partial charge in [-0.05, 0) is 12.1 Å². The maximum atomic E-state index is 8.63. The zero-order valence-corrected chi connectivity index (χ0v) is 7.73. The van der Waals surface area contributed by atoms with E-state index in [1.54, 1.807) is 24.7 Å². The fraction of sp³-hybridized carbons (Fsp3) is 0. The Labute approximate surface area is 86.1 Å². The molecule has 0 bridgehead atoms. The van der Waals surface area contributed by atoms with Gasteiger partial charge in [0.2, 0.25) is 0 Å². The van der Waals surface area contributed by atoms with Gasteiger partial charge in [0.05, 0.1) is 0 Å². The number of H-pyrrole nitrogens is 1. The molecule has 2 rings (SSSR count). The van der Waals surface area contributed by atoms with E-state index >= 15 is 0 Å². The Morgan fingerprint density at radius 3 is 2.93 bits per heavy atom. The van der Waals surface area contributed by atoms with Crippen LogP contribution in [0.15, 0.2) is 30.2 Å². The average molecular weight is 194 g/mol. The molecule has 4 heteroatoms. The summed E-state index contributed by atoms with van der Waals surface area (Å²) in [5, 5.41) is 18.2. The van der Waals surface area contributed by atoms with Gasteiger partial charge in [0.1, 0.15) is 17.7 Å². The van der Waals surface area contributed by atoms with Crippen LogP contribution in [0.3, 0.4) is 0 Å². The van der Waals surface area contributed by atoms with E-state index in [-0.39, 0.29) is 5.57 Å². The quantitative estimate of drug-likeness (QED) is 0.705. The summed E-state index contributed by atoms with van der Waals surface area (Å²) >= 11 is 0. The monoisotopic (exact) mass is 194 g/mol. The Hall–Kier alpha value is -2.59. The van der Waals surface area contributed by atoms with Crippen LogP contribution in [-0.2, 0) is 0 Å². The van der Waals surface area contributed by atoms with Gasteiger partial charge < -0.3 is 4.98 Å². The highest BCUT2D eigenvalue weighted by molar-refractivity contribution is 5.89. The van der Waals surface area contributed by atoms with Crippen LogP contribution in [-0.4, -0.2) is 9.97 Å². The minimum Gasteiger partial charge on any atom is -0.360 e. The number of hydrogen-bond acceptors (Lipinski definition) is 3. The zero-order valence-electron chi connectivity index (χ0n) is 7.73. The number of aromatic nitrogens is 2. The summed E-state index contributed by atoms with van der Waals surface area (Å²) < 4.78 is 0. The predicted octanol–water partition coefficient (Wildman–Crippen LogP) is 1.99. The highest BCUT2D eigenvalue weighted by Crippen LogP contribution is 2.18. The Balaban J connectivity index is 2.61. The number of allylic oxidation sites excluding steroid dienone is 1. The van der Waals surface area contributed by atoms with Gasteiger partial charge in [-0.2, -0.15) is 10.5 Å². The third-order valence-electron chi connectivity index (χ3n) is 2.06. The van der Waals surface area contributed by atoms with Crippen molar-refractivity contribution in [2.24, 2.45) is 0 Å². The number of rotatable bonds is 1. The molecule has 70 valence electrons. The number of fused-ring (bicyclic) bond motifs is 1. The van der Waals surface area contributed by atoms with E-state index in [1.165, 1.54) is 0 Å². The maximum absolute atomic E-state index is 8.63. The Bertz CT molecular complexity index is 591. The number of nitrogens with one attached hydrogen (secondary N) is 1. The lowest BCUT2D eigenvalue weighted by Gasteiger charge is -1.89. The summed E-state index contributed by atoms with van der Waals surface area (Å²) in [7, 11) is 0. The molecule has 0 amide bonds. The number of aromatic amines is 1. The fourth-order valence-corrected chi connectivity index (χ4v) is 1.35. The minimum absolute atomic E-state index is 0.0831. The Kier molecular flexibility index (Phi) is 2.19. The summed E-state index contributed by atoms with van der Waals surface area (Å²) in [4.78, 5) is 7.03. The molecule has 0 fully saturated rings. The predicted molar refractivity (Wildman–Crippen MR) is 55.3 cm³/mol. The van der Waals surface area contributed by atoms with Crippen molar-refractivity contribution in [2.75, 3.05) is 0 Å². The van der Waals surface area contributed by atoms with Crippen molar-refractivity contribution in [2.45, 2.75) is 0 Å². The molecule has 4 nitrogen and oxygen atoms in total. The smallest absolute Gasteiger partial charge is 0.130 e. The van der Waals surface area contributed by atoms with Crippen LogP contribution in [0.4, 0.5) is 0 Å². The van der Waals surface area contributed by atoms with Crippen molar-refractivity contribution < 1.29 is 0 Å². The molecule has 0 saturated carbocycles. The van der Waals surface area contributed by atoms with Gasteiger partial charge in [-0.15, -0.1) is 0 Å². The summed E-state index contributed by atoms with van der Waals surface area (Å²) in [5.41, 5.74) is 1.82. The molecule has 2 aromatic heterocycles. The van der Waals surface area contributed by atoms with Crippen molar-refractivity contribution in [3.8, 4) is 12.1 Å². The van der Waals surface area contributed by atoms with Crippen LogP contribution in [0.5, 0.6) is 0 Å². The van der Waals surface area contributed by atoms with Crippen LogP contribution < -0.4 is 0 Å². The van der Waals surface area contributed by atoms with E-state index in [9.17, 15) is 0 Å². The average Bonchev–Trinajstić information content (AvgIpc) is 2.69. The Morgan fingerprint density at radius 2 is 2.20 bits per heavy atom. The summed E-state index contributed by atoms with van der Waals surface area (Å²) in [6, 6.07) is 5.48. The molecule has 0 aliphatic carbocycles. The van der Waals surface area contributed by atoms with Crippen molar-refractivity contribution in [1.82, 2.24) is 9.97 Å². The van der Waals surface area contributed by atoms with Crippen LogP contribution in [0, 0.1) is 22.7 Å². The molecule has 0 spiro atoms. The van der Waals surface area contributed by atoms with Crippen LogP contribution in [0.25, 0.3) is 17.0 Å². The van der Waals surface area contributed by atoms with E-state index in [0.29, 0.717) is 0 Å². The van der Waals surface area contributed by atoms with Gasteiger partial charge in [0.15, 0.2) is 0 Å². The molecule has 2 heterocycles. The molecule has 0 radical (unpaired) electrons. The lowest BCUT2D eigenvalue weighted by atomic mass is 10.1. The number of hydrogen-bond donors (Lipinski definition) is 1. The number of nitrogens with zero attached hydrogens (tertiary/aromatic N) is 3. The van der Waals surface area contributed by atoms with Gasteiger partial charge in [0.25, 0.3) is 0 Å². The molecular weight excluding hydrogens is 188 g/mol. The minimum atomic E-state index is 0.0831. The summed E-state index contributed by atoms with van der Waals surface area (Å²) in [6.45, 7) is 0. The Morgan fingerprint density at radius 1 is 1.40 bits per heavy atom. The lowest BCUT2D eigenvalue weighted by molar-refractivity contribution is 1.36. The van der Waals surface area contributed by atoms with Crippen molar-refractivity contribution in [1.29, 1.82) is 10.5 Å². The number of nitriles is 2. The second-order valence-corrected chi connectivity index (χ2v) is 2.95. The van der Waals surface area contributed by atoms with Gasteiger partial charge in [0, 0.05) is 35.1 Å². The number of pyridine rings is 1. The first-order valence-electron chi connectivity index (χ1n) is 4.28. The zero-order chi connectivity index (χ0) is 10.7. The van der Waals surface area contributed by atoms with E-state index in [1.807, 2.05) is 18.2 Å². The van der Waals surface area contributed by atoms with Gasteiger partial charge in [-0.1, -0.05) is 0 Å². The van der Waals surface area contributed by atoms with Crippen molar-refractivity contribution in [3.05, 3.63) is 35.8 Å². The molecule has 0 atom stereocenters. The molecule has 0 aliphatic heterocycles. The second-order valence-electron chi connectivity index (χ2n) is 2.95. The first-order valence-corrected chi connectivity index (χ1v) is 4.28. The third-order valence-corrected chi connectivity index (χ3v) is 2.06. The van der Waals surface area contributed by atoms with Crippen LogP contribution in [0.2, 0.25) is 0 Å². The largest absolute Gasteiger partial charge is 0.360 e. The first kappa shape index (κ1) is 8.98. The lowest BCUT2D eigenvalue weighted by Crippen LogP contribution is -1.75. The fourth-order valence-electron chi connectivity index (χ4n) is 1.35. The topological polar surface area (TPSA) is 76.3 Å². The van der Waals surface area contributed by atoms with E-state index < -0.39 is 0 Å². The summed E-state index contributed by atoms with van der Waals surface area (Å²) in [5.74, 6) is 0. The van der Waals surface area contributed by atoms with Crippen LogP contribution >= 0.6 is 0 Å². The molecule has 0 unspecified atom stereocenters. The summed E-state index contributed by atoms with van der Waals surface area (Å²) in [6.07, 6.45) is 6.67. The second kappa shape index (κ2) is 3.65. The first-order chi connectivity index (χ1) is 7.35. The highest BCUT2D eigenvalue weighted by atomic mass is 14.7. The van der Waals surface area contributed by atoms with E-state index in [0.717, 1.165) is 16.5 Å². The van der Waals surface area contributed by atoms with E-state index in [2.05, 4.69) is 9.97 Å². The molecule has 2 aromatic rings. The van der Waals surface area contributed by atoms with Gasteiger partial charge in [-0.3, -0.25) is 4.98 Å². The maximum Gasteiger partial charge on any atom is 0.130 e. The van der Waals surface area contributed by atoms with Crippen molar-refractivity contribution >= 4 is 17.0 Å². The van der Waals surface area contributed by atoms with Crippen LogP contribution in [0.1, 0.15) is 5.56 Å².